The van der Waals surface area contributed by atoms with Gasteiger partial charge in [-0.15, -0.1) is 0 Å². The quantitative estimate of drug-likeness (QED) is 0.115. The van der Waals surface area contributed by atoms with Crippen molar-refractivity contribution >= 4 is 105 Å². The molecular formula is C99H70N4O. The van der Waals surface area contributed by atoms with Crippen molar-refractivity contribution in [1.29, 1.82) is 0 Å². The van der Waals surface area contributed by atoms with Gasteiger partial charge in [-0.3, -0.25) is 0 Å². The van der Waals surface area contributed by atoms with E-state index in [1.807, 2.05) is 6.07 Å². The highest BCUT2D eigenvalue weighted by molar-refractivity contribution is 6.13. The van der Waals surface area contributed by atoms with Gasteiger partial charge >= 0.3 is 0 Å². The molecule has 0 radical (unpaired) electrons. The topological polar surface area (TPSA) is 29.5 Å². The number of hydrogen-bond acceptors (Lipinski definition) is 3. The number of anilines is 6. The molecule has 0 amide bonds. The normalized spacial score (nSPS) is 13.8. The Balaban J connectivity index is 0.647. The summed E-state index contributed by atoms with van der Waals surface area (Å²) in [6, 6.07) is 129. The molecule has 3 heterocycles. The van der Waals surface area contributed by atoms with Crippen LogP contribution in [-0.4, -0.2) is 9.13 Å². The third kappa shape index (κ3) is 10.2. The molecule has 15 aromatic carbocycles. The maximum absolute atomic E-state index is 6.60. The van der Waals surface area contributed by atoms with Crippen LogP contribution in [0.15, 0.2) is 374 Å². The third-order valence-corrected chi connectivity index (χ3v) is 22.1. The molecule has 5 heteroatoms. The van der Waals surface area contributed by atoms with Gasteiger partial charge in [-0.2, -0.15) is 0 Å². The molecule has 18 aromatic rings. The fourth-order valence-electron chi connectivity index (χ4n) is 16.8. The minimum absolute atomic E-state index is 0.113. The number of allylic oxidation sites excluding steroid dienone is 4. The monoisotopic (exact) mass is 1330 g/mol. The van der Waals surface area contributed by atoms with Crippen molar-refractivity contribution in [2.45, 2.75) is 31.6 Å². The van der Waals surface area contributed by atoms with Crippen molar-refractivity contribution in [3.8, 4) is 55.9 Å². The van der Waals surface area contributed by atoms with E-state index in [4.69, 9.17) is 4.42 Å². The predicted molar refractivity (Wildman–Crippen MR) is 437 cm³/mol. The zero-order chi connectivity index (χ0) is 69.0. The molecule has 0 spiro atoms. The van der Waals surface area contributed by atoms with Gasteiger partial charge < -0.3 is 23.4 Å². The maximum Gasteiger partial charge on any atom is 0.137 e. The highest BCUT2D eigenvalue weighted by Crippen LogP contribution is 2.51. The fraction of sp³-hybridized carbons (Fsp3) is 0.0505. The lowest BCUT2D eigenvalue weighted by Gasteiger charge is -2.27. The number of hydrogen-bond donors (Lipinski definition) is 0. The molecule has 0 saturated heterocycles. The van der Waals surface area contributed by atoms with Gasteiger partial charge in [0, 0.05) is 95.2 Å². The fourth-order valence-corrected chi connectivity index (χ4v) is 16.8. The van der Waals surface area contributed by atoms with E-state index in [-0.39, 0.29) is 11.3 Å². The van der Waals surface area contributed by atoms with Crippen LogP contribution < -0.4 is 9.80 Å². The summed E-state index contributed by atoms with van der Waals surface area (Å²) in [6.45, 7) is 4.73. The molecular weight excluding hydrogens is 1260 g/mol. The second kappa shape index (κ2) is 24.5. The van der Waals surface area contributed by atoms with E-state index in [1.165, 1.54) is 105 Å². The summed E-state index contributed by atoms with van der Waals surface area (Å²) in [5, 5.41) is 6.99. The smallest absolute Gasteiger partial charge is 0.137 e. The molecule has 2 aliphatic rings. The Hall–Kier alpha value is -13.2. The van der Waals surface area contributed by atoms with Gasteiger partial charge in [0.25, 0.3) is 0 Å². The molecule has 3 aromatic heterocycles. The Morgan fingerprint density at radius 1 is 0.308 bits per heavy atom. The first-order chi connectivity index (χ1) is 51.3. The van der Waals surface area contributed by atoms with Gasteiger partial charge in [0.05, 0.1) is 22.1 Å². The van der Waals surface area contributed by atoms with Crippen LogP contribution in [0.2, 0.25) is 0 Å². The first-order valence-corrected chi connectivity index (χ1v) is 36.1. The molecule has 5 nitrogen and oxygen atoms in total. The first kappa shape index (κ1) is 60.7. The van der Waals surface area contributed by atoms with Crippen molar-refractivity contribution in [2.75, 3.05) is 9.80 Å². The van der Waals surface area contributed by atoms with E-state index in [9.17, 15) is 0 Å². The highest BCUT2D eigenvalue weighted by atomic mass is 16.3. The molecule has 2 aliphatic carbocycles. The lowest BCUT2D eigenvalue weighted by molar-refractivity contribution is 0.660. The Morgan fingerprint density at radius 2 is 0.740 bits per heavy atom. The van der Waals surface area contributed by atoms with Crippen LogP contribution in [0.4, 0.5) is 34.1 Å². The predicted octanol–water partition coefficient (Wildman–Crippen LogP) is 27.2. The van der Waals surface area contributed by atoms with Crippen molar-refractivity contribution in [1.82, 2.24) is 9.13 Å². The Labute approximate surface area is 604 Å². The SMILES string of the molecule is CC1(C)c2ccccc2-c2ccc(-n3c4ccccc4c4cc(N(c5ccc(-c6ccccc6)cc5)c5ccc(C6C=CC(c7ccc8c9cc(N(c%10ccc(-c%11ccccc%11)cc%10)c%10ccc(-c%11ccccc%11)cc%10)ccc9n(-c9ccc%10c(c9)oc9ccccc9%10)c8c7)=CC6)cc5)ccc43)cc21. The van der Waals surface area contributed by atoms with Crippen molar-refractivity contribution in [3.63, 3.8) is 0 Å². The lowest BCUT2D eigenvalue weighted by Crippen LogP contribution is -2.15. The van der Waals surface area contributed by atoms with E-state index in [0.29, 0.717) is 0 Å². The summed E-state index contributed by atoms with van der Waals surface area (Å²) in [7, 11) is 0. The lowest BCUT2D eigenvalue weighted by atomic mass is 9.82. The minimum Gasteiger partial charge on any atom is -0.456 e. The van der Waals surface area contributed by atoms with E-state index < -0.39 is 0 Å². The molecule has 0 N–H and O–H groups in total. The number of rotatable bonds is 13. The zero-order valence-corrected chi connectivity index (χ0v) is 57.7. The molecule has 1 unspecified atom stereocenters. The molecule has 20 rings (SSSR count). The van der Waals surface area contributed by atoms with Gasteiger partial charge in [0.15, 0.2) is 0 Å². The number of furan rings is 1. The summed E-state index contributed by atoms with van der Waals surface area (Å²) < 4.78 is 11.5. The first-order valence-electron chi connectivity index (χ1n) is 36.1. The summed E-state index contributed by atoms with van der Waals surface area (Å²) in [4.78, 5) is 4.81. The van der Waals surface area contributed by atoms with Crippen LogP contribution >= 0.6 is 0 Å². The molecule has 0 saturated carbocycles. The summed E-state index contributed by atoms with van der Waals surface area (Å²) in [6.07, 6.45) is 8.05. The highest BCUT2D eigenvalue weighted by Gasteiger charge is 2.36. The molecule has 492 valence electrons. The van der Waals surface area contributed by atoms with Crippen molar-refractivity contribution in [3.05, 3.63) is 392 Å². The van der Waals surface area contributed by atoms with Gasteiger partial charge in [0.1, 0.15) is 11.2 Å². The summed E-state index contributed by atoms with van der Waals surface area (Å²) >= 11 is 0. The number of nitrogens with zero attached hydrogens (tertiary/aromatic N) is 4. The molecule has 104 heavy (non-hydrogen) atoms. The zero-order valence-electron chi connectivity index (χ0n) is 57.7. The van der Waals surface area contributed by atoms with Crippen LogP contribution in [0.5, 0.6) is 0 Å². The van der Waals surface area contributed by atoms with Crippen molar-refractivity contribution < 1.29 is 4.42 Å². The Bertz CT molecular complexity index is 6350. The van der Waals surface area contributed by atoms with Crippen LogP contribution in [0.3, 0.4) is 0 Å². The van der Waals surface area contributed by atoms with E-state index in [1.54, 1.807) is 0 Å². The third-order valence-electron chi connectivity index (χ3n) is 22.1. The van der Waals surface area contributed by atoms with Gasteiger partial charge in [-0.05, 0) is 206 Å². The summed E-state index contributed by atoms with van der Waals surface area (Å²) in [5.41, 5.74) is 31.1. The molecule has 0 fully saturated rings. The van der Waals surface area contributed by atoms with E-state index in [2.05, 4.69) is 397 Å². The molecule has 0 bridgehead atoms. The average Bonchev–Trinajstić information content (AvgIpc) is 1.57. The molecule has 0 aliphatic heterocycles. The largest absolute Gasteiger partial charge is 0.456 e. The number of para-hydroxylation sites is 2. The van der Waals surface area contributed by atoms with Gasteiger partial charge in [-0.1, -0.05) is 250 Å². The Morgan fingerprint density at radius 3 is 1.33 bits per heavy atom. The Kier molecular flexibility index (Phi) is 14.3. The number of aromatic nitrogens is 2. The molecule has 1 atom stereocenters. The number of fused-ring (bicyclic) bond motifs is 12. The van der Waals surface area contributed by atoms with E-state index in [0.717, 1.165) is 84.6 Å². The second-order valence-electron chi connectivity index (χ2n) is 28.4. The van der Waals surface area contributed by atoms with Crippen LogP contribution in [-0.2, 0) is 5.41 Å². The van der Waals surface area contributed by atoms with Crippen LogP contribution in [0.1, 0.15) is 48.4 Å². The maximum atomic E-state index is 6.60. The van der Waals surface area contributed by atoms with Gasteiger partial charge in [0.2, 0.25) is 0 Å². The average molecular weight is 1330 g/mol. The second-order valence-corrected chi connectivity index (χ2v) is 28.4. The van der Waals surface area contributed by atoms with E-state index >= 15 is 0 Å². The minimum atomic E-state index is -0.113. The standard InChI is InChI=1S/C99H70N4O/c1-99(2)91-27-15-12-24-83(91)84-56-51-81(63-92(84)99)102-93-28-16-13-25-85(93)89-61-79(53-58-94(89)102)100(75-43-34-69(35-44-75)65-18-6-3-7-19-65)78-49-40-72(41-50-78)68-30-32-73(33-31-68)74-42-55-86-90-62-80(54-59-95(90)103(96(86)60-74)82-52-57-88-87-26-14-17-29-97(87)104-98(88)64-82)101(76-45-36-70(37-46-76)66-20-8-4-9-21-66)77-47-38-71(39-48-77)67-22-10-5-11-23-67/h3-30,32-64,68H,31H2,1-2H3. The van der Waals surface area contributed by atoms with Crippen LogP contribution in [0, 0.1) is 0 Å². The van der Waals surface area contributed by atoms with Crippen molar-refractivity contribution in [2.24, 2.45) is 0 Å². The number of benzene rings is 15. The van der Waals surface area contributed by atoms with Gasteiger partial charge in [-0.25, -0.2) is 0 Å². The summed E-state index contributed by atoms with van der Waals surface area (Å²) in [5.74, 6) is 0.198. The van der Waals surface area contributed by atoms with Crippen LogP contribution in [0.25, 0.3) is 127 Å².